The van der Waals surface area contributed by atoms with Crippen LogP contribution in [0.25, 0.3) is 0 Å². The first-order valence-corrected chi connectivity index (χ1v) is 7.60. The van der Waals surface area contributed by atoms with Crippen LogP contribution in [0.15, 0.2) is 12.1 Å². The van der Waals surface area contributed by atoms with E-state index in [1.165, 1.54) is 0 Å². The molecule has 0 radical (unpaired) electrons. The third-order valence-corrected chi connectivity index (χ3v) is 3.77. The van der Waals surface area contributed by atoms with Gasteiger partial charge in [-0.2, -0.15) is 0 Å². The molecule has 1 heterocycles. The van der Waals surface area contributed by atoms with E-state index in [2.05, 4.69) is 5.32 Å². The van der Waals surface area contributed by atoms with Crippen LogP contribution in [0.3, 0.4) is 0 Å². The third-order valence-electron chi connectivity index (χ3n) is 3.77. The Balaban J connectivity index is 1.83. The van der Waals surface area contributed by atoms with Crippen LogP contribution < -0.4 is 5.32 Å². The summed E-state index contributed by atoms with van der Waals surface area (Å²) in [5, 5.41) is 2.73. The zero-order valence-corrected chi connectivity index (χ0v) is 13.4. The van der Waals surface area contributed by atoms with Gasteiger partial charge >= 0.3 is 5.97 Å². The number of rotatable bonds is 5. The smallest absolute Gasteiger partial charge is 0.339 e. The van der Waals surface area contributed by atoms with E-state index in [1.807, 2.05) is 32.9 Å². The molecule has 1 saturated heterocycles. The second-order valence-electron chi connectivity index (χ2n) is 5.79. The van der Waals surface area contributed by atoms with Gasteiger partial charge in [0.05, 0.1) is 11.7 Å². The summed E-state index contributed by atoms with van der Waals surface area (Å²) in [5.74, 6) is -0.756. The summed E-state index contributed by atoms with van der Waals surface area (Å²) in [5.41, 5.74) is 3.36. The van der Waals surface area contributed by atoms with E-state index in [4.69, 9.17) is 9.47 Å². The summed E-state index contributed by atoms with van der Waals surface area (Å²) in [6.07, 6.45) is 2.07. The van der Waals surface area contributed by atoms with Gasteiger partial charge in [0.2, 0.25) is 0 Å². The maximum Gasteiger partial charge on any atom is 0.339 e. The highest BCUT2D eigenvalue weighted by Crippen LogP contribution is 2.17. The molecule has 120 valence electrons. The third kappa shape index (κ3) is 4.31. The Morgan fingerprint density at radius 3 is 2.55 bits per heavy atom. The fourth-order valence-electron chi connectivity index (χ4n) is 2.79. The van der Waals surface area contributed by atoms with E-state index >= 15 is 0 Å². The number of ether oxygens (including phenoxy) is 2. The predicted molar refractivity (Wildman–Crippen MR) is 82.9 cm³/mol. The van der Waals surface area contributed by atoms with Gasteiger partial charge in [-0.05, 0) is 44.7 Å². The summed E-state index contributed by atoms with van der Waals surface area (Å²) >= 11 is 0. The van der Waals surface area contributed by atoms with Crippen LogP contribution in [-0.2, 0) is 14.3 Å². The van der Waals surface area contributed by atoms with Gasteiger partial charge in [-0.15, -0.1) is 0 Å². The Morgan fingerprint density at radius 2 is 1.95 bits per heavy atom. The average molecular weight is 305 g/mol. The molecule has 5 heteroatoms. The molecule has 0 aromatic heterocycles. The van der Waals surface area contributed by atoms with Crippen LogP contribution in [0.1, 0.15) is 39.9 Å². The van der Waals surface area contributed by atoms with Gasteiger partial charge < -0.3 is 14.8 Å². The molecule has 0 aliphatic carbocycles. The summed E-state index contributed by atoms with van der Waals surface area (Å²) in [4.78, 5) is 23.9. The molecule has 1 aromatic rings. The summed E-state index contributed by atoms with van der Waals surface area (Å²) in [6.45, 7) is 6.68. The van der Waals surface area contributed by atoms with Gasteiger partial charge in [-0.3, -0.25) is 4.79 Å². The van der Waals surface area contributed by atoms with Gasteiger partial charge in [0.1, 0.15) is 0 Å². The topological polar surface area (TPSA) is 64.6 Å². The molecule has 5 nitrogen and oxygen atoms in total. The van der Waals surface area contributed by atoms with Crippen molar-refractivity contribution in [3.8, 4) is 0 Å². The minimum absolute atomic E-state index is 0.0845. The zero-order valence-electron chi connectivity index (χ0n) is 13.4. The second-order valence-corrected chi connectivity index (χ2v) is 5.79. The molecule has 1 aliphatic rings. The monoisotopic (exact) mass is 305 g/mol. The molecular formula is C17H23NO4. The molecule has 1 atom stereocenters. The number of esters is 1. The lowest BCUT2D eigenvalue weighted by Crippen LogP contribution is -2.34. The molecule has 1 N–H and O–H groups in total. The number of amides is 1. The van der Waals surface area contributed by atoms with Crippen molar-refractivity contribution in [2.45, 2.75) is 39.7 Å². The Labute approximate surface area is 131 Å². The molecule has 1 fully saturated rings. The average Bonchev–Trinajstić information content (AvgIpc) is 2.95. The summed E-state index contributed by atoms with van der Waals surface area (Å²) in [6, 6.07) is 3.86. The Morgan fingerprint density at radius 1 is 1.27 bits per heavy atom. The Bertz CT molecular complexity index is 539. The van der Waals surface area contributed by atoms with Gasteiger partial charge in [-0.1, -0.05) is 17.7 Å². The molecule has 2 rings (SSSR count). The number of hydrogen-bond acceptors (Lipinski definition) is 4. The van der Waals surface area contributed by atoms with E-state index < -0.39 is 5.97 Å². The Kier molecular flexibility index (Phi) is 5.55. The molecule has 22 heavy (non-hydrogen) atoms. The molecule has 0 saturated carbocycles. The van der Waals surface area contributed by atoms with Crippen molar-refractivity contribution in [1.82, 2.24) is 5.32 Å². The minimum atomic E-state index is -0.456. The largest absolute Gasteiger partial charge is 0.452 e. The van der Waals surface area contributed by atoms with E-state index in [9.17, 15) is 9.59 Å². The normalized spacial score (nSPS) is 17.3. The number of aryl methyl sites for hydroxylation is 3. The van der Waals surface area contributed by atoms with Crippen LogP contribution in [-0.4, -0.2) is 37.7 Å². The van der Waals surface area contributed by atoms with Crippen LogP contribution >= 0.6 is 0 Å². The van der Waals surface area contributed by atoms with Crippen molar-refractivity contribution in [3.63, 3.8) is 0 Å². The zero-order chi connectivity index (χ0) is 16.1. The molecule has 1 aliphatic heterocycles. The molecule has 0 bridgehead atoms. The molecular weight excluding hydrogens is 282 g/mol. The number of nitrogens with one attached hydrogen (secondary N) is 1. The number of benzene rings is 1. The van der Waals surface area contributed by atoms with Crippen LogP contribution in [0.4, 0.5) is 0 Å². The number of carbonyl (C=O) groups is 2. The predicted octanol–water partition coefficient (Wildman–Crippen LogP) is 2.06. The lowest BCUT2D eigenvalue weighted by Gasteiger charge is -2.12. The summed E-state index contributed by atoms with van der Waals surface area (Å²) in [7, 11) is 0. The van der Waals surface area contributed by atoms with E-state index in [1.54, 1.807) is 0 Å². The fourth-order valence-corrected chi connectivity index (χ4v) is 2.79. The maximum atomic E-state index is 12.1. The first-order valence-electron chi connectivity index (χ1n) is 7.60. The highest BCUT2D eigenvalue weighted by molar-refractivity contribution is 5.94. The first-order chi connectivity index (χ1) is 10.5. The van der Waals surface area contributed by atoms with Crippen molar-refractivity contribution in [2.24, 2.45) is 0 Å². The lowest BCUT2D eigenvalue weighted by molar-refractivity contribution is -0.124. The van der Waals surface area contributed by atoms with Gasteiger partial charge in [-0.25, -0.2) is 4.79 Å². The Hall–Kier alpha value is -1.88. The van der Waals surface area contributed by atoms with E-state index in [-0.39, 0.29) is 18.6 Å². The van der Waals surface area contributed by atoms with Crippen molar-refractivity contribution in [1.29, 1.82) is 0 Å². The van der Waals surface area contributed by atoms with Crippen molar-refractivity contribution in [2.75, 3.05) is 19.8 Å². The minimum Gasteiger partial charge on any atom is -0.452 e. The lowest BCUT2D eigenvalue weighted by atomic mass is 10.00. The fraction of sp³-hybridized carbons (Fsp3) is 0.529. The van der Waals surface area contributed by atoms with Gasteiger partial charge in [0.25, 0.3) is 5.91 Å². The molecule has 1 amide bonds. The molecule has 1 aromatic carbocycles. The standard InChI is InChI=1S/C17H23NO4/c1-11-7-12(2)16(13(3)8-11)17(20)22-10-15(19)18-9-14-5-4-6-21-14/h7-8,14H,4-6,9-10H2,1-3H3,(H,18,19)/t14-/m0/s1. The van der Waals surface area contributed by atoms with E-state index in [0.29, 0.717) is 12.1 Å². The highest BCUT2D eigenvalue weighted by Gasteiger charge is 2.18. The second kappa shape index (κ2) is 7.40. The molecule has 0 spiro atoms. The van der Waals surface area contributed by atoms with Gasteiger partial charge in [0, 0.05) is 13.2 Å². The molecule has 0 unspecified atom stereocenters. The van der Waals surface area contributed by atoms with Crippen LogP contribution in [0, 0.1) is 20.8 Å². The maximum absolute atomic E-state index is 12.1. The van der Waals surface area contributed by atoms with Crippen molar-refractivity contribution >= 4 is 11.9 Å². The van der Waals surface area contributed by atoms with Gasteiger partial charge in [0.15, 0.2) is 6.61 Å². The highest BCUT2D eigenvalue weighted by atomic mass is 16.5. The van der Waals surface area contributed by atoms with Crippen molar-refractivity contribution < 1.29 is 19.1 Å². The van der Waals surface area contributed by atoms with Crippen LogP contribution in [0.2, 0.25) is 0 Å². The van der Waals surface area contributed by atoms with Crippen molar-refractivity contribution in [3.05, 3.63) is 34.4 Å². The number of carbonyl (C=O) groups excluding carboxylic acids is 2. The summed E-state index contributed by atoms with van der Waals surface area (Å²) < 4.78 is 10.5. The van der Waals surface area contributed by atoms with E-state index in [0.717, 1.165) is 36.1 Å². The first kappa shape index (κ1) is 16.5. The van der Waals surface area contributed by atoms with Crippen LogP contribution in [0.5, 0.6) is 0 Å². The number of hydrogen-bond donors (Lipinski definition) is 1. The quantitative estimate of drug-likeness (QED) is 0.846. The SMILES string of the molecule is Cc1cc(C)c(C(=O)OCC(=O)NC[C@@H]2CCCO2)c(C)c1.